The van der Waals surface area contributed by atoms with Crippen LogP contribution in [0.5, 0.6) is 0 Å². The van der Waals surface area contributed by atoms with Crippen molar-refractivity contribution in [1.29, 1.82) is 0 Å². The molecule has 0 bridgehead atoms. The summed E-state index contributed by atoms with van der Waals surface area (Å²) in [5, 5.41) is 9.61. The molecule has 0 aromatic heterocycles. The summed E-state index contributed by atoms with van der Waals surface area (Å²) in [5.74, 6) is 0.320. The SMILES string of the molecule is O=C(C/C=C/[C@H](O)CCCCCl)OCc1ccccc1. The minimum absolute atomic E-state index is 0.180. The third-order valence-electron chi connectivity index (χ3n) is 2.77. The summed E-state index contributed by atoms with van der Waals surface area (Å²) in [5.41, 5.74) is 0.964. The highest BCUT2D eigenvalue weighted by molar-refractivity contribution is 6.17. The Balaban J connectivity index is 2.16. The zero-order chi connectivity index (χ0) is 14.6. The molecule has 3 nitrogen and oxygen atoms in total. The van der Waals surface area contributed by atoms with E-state index in [0.29, 0.717) is 12.3 Å². The number of unbranched alkanes of at least 4 members (excludes halogenated alkanes) is 1. The maximum absolute atomic E-state index is 11.5. The number of aliphatic hydroxyl groups excluding tert-OH is 1. The van der Waals surface area contributed by atoms with Crippen LogP contribution in [0, 0.1) is 0 Å². The minimum atomic E-state index is -0.514. The van der Waals surface area contributed by atoms with E-state index in [2.05, 4.69) is 0 Å². The van der Waals surface area contributed by atoms with Gasteiger partial charge in [-0.05, 0) is 24.8 Å². The molecule has 0 aliphatic heterocycles. The lowest BCUT2D eigenvalue weighted by atomic mass is 10.1. The summed E-state index contributed by atoms with van der Waals surface area (Å²) in [7, 11) is 0. The minimum Gasteiger partial charge on any atom is -0.461 e. The molecule has 0 saturated heterocycles. The first-order chi connectivity index (χ1) is 9.72. The molecule has 1 atom stereocenters. The van der Waals surface area contributed by atoms with Crippen LogP contribution < -0.4 is 0 Å². The Morgan fingerprint density at radius 2 is 2.05 bits per heavy atom. The number of carbonyl (C=O) groups excluding carboxylic acids is 1. The lowest BCUT2D eigenvalue weighted by Crippen LogP contribution is -2.05. The molecule has 1 rings (SSSR count). The van der Waals surface area contributed by atoms with Crippen LogP contribution in [0.15, 0.2) is 42.5 Å². The van der Waals surface area contributed by atoms with Crippen molar-refractivity contribution in [2.24, 2.45) is 0 Å². The zero-order valence-electron chi connectivity index (χ0n) is 11.5. The van der Waals surface area contributed by atoms with E-state index >= 15 is 0 Å². The standard InChI is InChI=1S/C16H21ClO3/c17-12-5-4-9-15(18)10-6-11-16(19)20-13-14-7-2-1-3-8-14/h1-3,6-8,10,15,18H,4-5,9,11-13H2/b10-6+/t15-/m1/s1. The molecule has 20 heavy (non-hydrogen) atoms. The van der Waals surface area contributed by atoms with Gasteiger partial charge < -0.3 is 9.84 Å². The molecule has 110 valence electrons. The van der Waals surface area contributed by atoms with Crippen molar-refractivity contribution in [1.82, 2.24) is 0 Å². The highest BCUT2D eigenvalue weighted by atomic mass is 35.5. The summed E-state index contributed by atoms with van der Waals surface area (Å²) in [4.78, 5) is 11.5. The maximum atomic E-state index is 11.5. The molecule has 0 spiro atoms. The molecule has 0 aliphatic carbocycles. The predicted molar refractivity (Wildman–Crippen MR) is 80.6 cm³/mol. The Labute approximate surface area is 125 Å². The molecular weight excluding hydrogens is 276 g/mol. The maximum Gasteiger partial charge on any atom is 0.309 e. The predicted octanol–water partition coefficient (Wildman–Crippen LogP) is 3.45. The number of hydrogen-bond donors (Lipinski definition) is 1. The molecule has 0 fully saturated rings. The number of carbonyl (C=O) groups is 1. The topological polar surface area (TPSA) is 46.5 Å². The largest absolute Gasteiger partial charge is 0.461 e. The van der Waals surface area contributed by atoms with E-state index in [1.807, 2.05) is 30.3 Å². The Bertz CT molecular complexity index is 403. The van der Waals surface area contributed by atoms with Crippen molar-refractivity contribution in [3.8, 4) is 0 Å². The van der Waals surface area contributed by atoms with Gasteiger partial charge in [-0.2, -0.15) is 0 Å². The lowest BCUT2D eigenvalue weighted by Gasteiger charge is -2.05. The first-order valence-corrected chi connectivity index (χ1v) is 7.36. The Morgan fingerprint density at radius 3 is 2.75 bits per heavy atom. The van der Waals surface area contributed by atoms with Gasteiger partial charge in [0.1, 0.15) is 6.61 Å². The Morgan fingerprint density at radius 1 is 1.30 bits per heavy atom. The molecule has 1 N–H and O–H groups in total. The van der Waals surface area contributed by atoms with Gasteiger partial charge in [0.2, 0.25) is 0 Å². The van der Waals surface area contributed by atoms with Crippen molar-refractivity contribution >= 4 is 17.6 Å². The quantitative estimate of drug-likeness (QED) is 0.329. The molecule has 0 aliphatic rings. The van der Waals surface area contributed by atoms with Crippen molar-refractivity contribution in [3.63, 3.8) is 0 Å². The van der Waals surface area contributed by atoms with Gasteiger partial charge in [0.15, 0.2) is 0 Å². The first kappa shape index (κ1) is 16.7. The summed E-state index contributed by atoms with van der Waals surface area (Å²) in [6.07, 6.45) is 5.40. The average Bonchev–Trinajstić information content (AvgIpc) is 2.46. The molecule has 0 saturated carbocycles. The second-order valence-electron chi connectivity index (χ2n) is 4.53. The van der Waals surface area contributed by atoms with Gasteiger partial charge in [-0.15, -0.1) is 11.6 Å². The number of hydrogen-bond acceptors (Lipinski definition) is 3. The third-order valence-corrected chi connectivity index (χ3v) is 3.04. The molecule has 1 aromatic carbocycles. The molecule has 0 amide bonds. The number of ether oxygens (including phenoxy) is 1. The first-order valence-electron chi connectivity index (χ1n) is 6.82. The fraction of sp³-hybridized carbons (Fsp3) is 0.438. The van der Waals surface area contributed by atoms with Crippen molar-refractivity contribution < 1.29 is 14.6 Å². The second kappa shape index (κ2) is 10.5. The van der Waals surface area contributed by atoms with Crippen LogP contribution in [-0.2, 0) is 16.1 Å². The number of benzene rings is 1. The summed E-state index contributed by atoms with van der Waals surface area (Å²) in [6.45, 7) is 0.284. The normalized spacial score (nSPS) is 12.5. The Kier molecular flexibility index (Phi) is 8.76. The van der Waals surface area contributed by atoms with Gasteiger partial charge in [-0.1, -0.05) is 42.5 Å². The van der Waals surface area contributed by atoms with Gasteiger partial charge in [-0.25, -0.2) is 0 Å². The van der Waals surface area contributed by atoms with E-state index in [9.17, 15) is 9.90 Å². The third kappa shape index (κ3) is 7.97. The number of halogens is 1. The van der Waals surface area contributed by atoms with Gasteiger partial charge >= 0.3 is 5.97 Å². The van der Waals surface area contributed by atoms with Crippen LogP contribution in [0.25, 0.3) is 0 Å². The highest BCUT2D eigenvalue weighted by Crippen LogP contribution is 2.05. The molecule has 0 radical (unpaired) electrons. The zero-order valence-corrected chi connectivity index (χ0v) is 12.3. The van der Waals surface area contributed by atoms with Crippen molar-refractivity contribution in [2.75, 3.05) is 5.88 Å². The van der Waals surface area contributed by atoms with Gasteiger partial charge in [0.25, 0.3) is 0 Å². The smallest absolute Gasteiger partial charge is 0.309 e. The number of aliphatic hydroxyl groups is 1. The fourth-order valence-corrected chi connectivity index (χ4v) is 1.85. The molecule has 0 heterocycles. The summed E-state index contributed by atoms with van der Waals surface area (Å²) in [6, 6.07) is 9.54. The summed E-state index contributed by atoms with van der Waals surface area (Å²) < 4.78 is 5.12. The van der Waals surface area contributed by atoms with Gasteiger partial charge in [0, 0.05) is 5.88 Å². The summed E-state index contributed by atoms with van der Waals surface area (Å²) >= 11 is 5.56. The van der Waals surface area contributed by atoms with Crippen molar-refractivity contribution in [2.45, 2.75) is 38.4 Å². The molecule has 1 aromatic rings. The van der Waals surface area contributed by atoms with Crippen LogP contribution >= 0.6 is 11.6 Å². The van der Waals surface area contributed by atoms with Crippen LogP contribution in [0.2, 0.25) is 0 Å². The number of rotatable bonds is 9. The van der Waals surface area contributed by atoms with Gasteiger partial charge in [-0.3, -0.25) is 4.79 Å². The highest BCUT2D eigenvalue weighted by Gasteiger charge is 2.02. The number of esters is 1. The second-order valence-corrected chi connectivity index (χ2v) is 4.91. The van der Waals surface area contributed by atoms with Crippen molar-refractivity contribution in [3.05, 3.63) is 48.0 Å². The molecule has 4 heteroatoms. The molecule has 0 unspecified atom stereocenters. The lowest BCUT2D eigenvalue weighted by molar-refractivity contribution is -0.143. The van der Waals surface area contributed by atoms with E-state index in [1.165, 1.54) is 0 Å². The fourth-order valence-electron chi connectivity index (χ4n) is 1.66. The Hall–Kier alpha value is -1.32. The van der Waals surface area contributed by atoms with E-state index < -0.39 is 6.10 Å². The van der Waals surface area contributed by atoms with Crippen LogP contribution in [0.1, 0.15) is 31.2 Å². The van der Waals surface area contributed by atoms with E-state index in [4.69, 9.17) is 16.3 Å². The van der Waals surface area contributed by atoms with E-state index in [1.54, 1.807) is 12.2 Å². The molecular formula is C16H21ClO3. The van der Waals surface area contributed by atoms with Crippen LogP contribution in [0.4, 0.5) is 0 Å². The van der Waals surface area contributed by atoms with Crippen LogP contribution in [0.3, 0.4) is 0 Å². The van der Waals surface area contributed by atoms with E-state index in [-0.39, 0.29) is 19.0 Å². The van der Waals surface area contributed by atoms with E-state index in [0.717, 1.165) is 18.4 Å². The van der Waals surface area contributed by atoms with Crippen LogP contribution in [-0.4, -0.2) is 23.1 Å². The average molecular weight is 297 g/mol. The number of alkyl halides is 1. The monoisotopic (exact) mass is 296 g/mol. The van der Waals surface area contributed by atoms with Gasteiger partial charge in [0.05, 0.1) is 12.5 Å².